The molecule has 0 heterocycles. The van der Waals surface area contributed by atoms with Crippen molar-refractivity contribution in [3.63, 3.8) is 0 Å². The van der Waals surface area contributed by atoms with Crippen LogP contribution in [0.3, 0.4) is 0 Å². The number of carbonyl (C=O) groups is 1. The molecule has 0 aliphatic rings. The lowest BCUT2D eigenvalue weighted by Gasteiger charge is -2.07. The molecule has 0 N–H and O–H groups in total. The largest absolute Gasteiger partial charge is 0.298 e. The fourth-order valence-electron chi connectivity index (χ4n) is 1.54. The van der Waals surface area contributed by atoms with Crippen molar-refractivity contribution in [3.8, 4) is 11.1 Å². The lowest BCUT2D eigenvalue weighted by atomic mass is 10.0. The van der Waals surface area contributed by atoms with Crippen molar-refractivity contribution < 1.29 is 4.79 Å². The lowest BCUT2D eigenvalue weighted by molar-refractivity contribution is 0.112. The van der Waals surface area contributed by atoms with E-state index in [1.807, 2.05) is 30.3 Å². The zero-order chi connectivity index (χ0) is 11.5. The molecule has 0 spiro atoms. The molecule has 16 heavy (non-hydrogen) atoms. The van der Waals surface area contributed by atoms with Crippen molar-refractivity contribution in [2.24, 2.45) is 0 Å². The first kappa shape index (κ1) is 11.2. The maximum Gasteiger partial charge on any atom is 0.150 e. The van der Waals surface area contributed by atoms with Crippen LogP contribution in [0, 0.1) is 0 Å². The molecule has 0 amide bonds. The van der Waals surface area contributed by atoms with E-state index in [4.69, 9.17) is 23.2 Å². The van der Waals surface area contributed by atoms with Gasteiger partial charge >= 0.3 is 0 Å². The second-order valence-electron chi connectivity index (χ2n) is 3.34. The van der Waals surface area contributed by atoms with Crippen molar-refractivity contribution in [1.82, 2.24) is 0 Å². The third-order valence-corrected chi connectivity index (χ3v) is 2.86. The van der Waals surface area contributed by atoms with Crippen LogP contribution in [-0.4, -0.2) is 6.29 Å². The van der Waals surface area contributed by atoms with Gasteiger partial charge in [-0.05, 0) is 17.7 Å². The Bertz CT molecular complexity index is 498. The average molecular weight is 251 g/mol. The zero-order valence-corrected chi connectivity index (χ0v) is 9.79. The molecule has 2 aromatic carbocycles. The number of hydrogen-bond donors (Lipinski definition) is 0. The van der Waals surface area contributed by atoms with Crippen LogP contribution in [0.15, 0.2) is 42.5 Å². The van der Waals surface area contributed by atoms with E-state index >= 15 is 0 Å². The topological polar surface area (TPSA) is 17.1 Å². The van der Waals surface area contributed by atoms with E-state index in [-0.39, 0.29) is 0 Å². The maximum absolute atomic E-state index is 10.6. The summed E-state index contributed by atoms with van der Waals surface area (Å²) >= 11 is 12.2. The summed E-state index contributed by atoms with van der Waals surface area (Å²) in [6.45, 7) is 0. The van der Waals surface area contributed by atoms with Gasteiger partial charge in [0.1, 0.15) is 6.29 Å². The normalized spacial score (nSPS) is 10.1. The second kappa shape index (κ2) is 4.69. The number of rotatable bonds is 2. The van der Waals surface area contributed by atoms with Gasteiger partial charge < -0.3 is 0 Å². The molecule has 0 fully saturated rings. The van der Waals surface area contributed by atoms with Gasteiger partial charge in [0.05, 0.1) is 10.0 Å². The van der Waals surface area contributed by atoms with Crippen LogP contribution in [0.1, 0.15) is 10.4 Å². The van der Waals surface area contributed by atoms with Crippen LogP contribution in [0.2, 0.25) is 10.0 Å². The third-order valence-electron chi connectivity index (χ3n) is 2.26. The van der Waals surface area contributed by atoms with E-state index in [0.29, 0.717) is 15.6 Å². The molecule has 1 nitrogen and oxygen atoms in total. The third kappa shape index (κ3) is 2.11. The summed E-state index contributed by atoms with van der Waals surface area (Å²) in [6, 6.07) is 12.8. The Morgan fingerprint density at radius 3 is 2.00 bits per heavy atom. The summed E-state index contributed by atoms with van der Waals surface area (Å²) in [6.07, 6.45) is 0.729. The highest BCUT2D eigenvalue weighted by Gasteiger charge is 2.09. The predicted molar refractivity (Wildman–Crippen MR) is 67.3 cm³/mol. The Kier molecular flexibility index (Phi) is 3.28. The summed E-state index contributed by atoms with van der Waals surface area (Å²) in [5.74, 6) is 0. The number of halogens is 2. The molecule has 0 saturated heterocycles. The summed E-state index contributed by atoms with van der Waals surface area (Å²) in [4.78, 5) is 10.6. The Morgan fingerprint density at radius 2 is 1.50 bits per heavy atom. The fraction of sp³-hybridized carbons (Fsp3) is 0. The summed E-state index contributed by atoms with van der Waals surface area (Å²) < 4.78 is 0. The fourth-order valence-corrected chi connectivity index (χ4v) is 2.26. The molecule has 3 heteroatoms. The van der Waals surface area contributed by atoms with Gasteiger partial charge in [-0.1, -0.05) is 53.5 Å². The first-order valence-electron chi connectivity index (χ1n) is 4.72. The van der Waals surface area contributed by atoms with Gasteiger partial charge in [0.15, 0.2) is 0 Å². The van der Waals surface area contributed by atoms with E-state index in [2.05, 4.69) is 0 Å². The van der Waals surface area contributed by atoms with Crippen molar-refractivity contribution in [2.75, 3.05) is 0 Å². The van der Waals surface area contributed by atoms with Gasteiger partial charge in [0.2, 0.25) is 0 Å². The predicted octanol–water partition coefficient (Wildman–Crippen LogP) is 4.47. The summed E-state index contributed by atoms with van der Waals surface area (Å²) in [7, 11) is 0. The molecule has 0 bridgehead atoms. The highest BCUT2D eigenvalue weighted by atomic mass is 35.5. The van der Waals surface area contributed by atoms with Crippen molar-refractivity contribution >= 4 is 29.5 Å². The van der Waals surface area contributed by atoms with Crippen molar-refractivity contribution in [2.45, 2.75) is 0 Å². The molecular formula is C13H8Cl2O. The highest BCUT2D eigenvalue weighted by Crippen LogP contribution is 2.35. The quantitative estimate of drug-likeness (QED) is 0.719. The number of carbonyl (C=O) groups excluding carboxylic acids is 1. The standard InChI is InChI=1S/C13H8Cl2O/c14-11-6-9(8-16)7-12(15)13(11)10-4-2-1-3-5-10/h1-8H. The van der Waals surface area contributed by atoms with Gasteiger partial charge in [0.25, 0.3) is 0 Å². The van der Waals surface area contributed by atoms with E-state index in [1.165, 1.54) is 0 Å². The molecule has 0 saturated carbocycles. The van der Waals surface area contributed by atoms with E-state index in [1.54, 1.807) is 12.1 Å². The smallest absolute Gasteiger partial charge is 0.150 e. The molecule has 0 aliphatic carbocycles. The molecule has 0 aliphatic heterocycles. The highest BCUT2D eigenvalue weighted by molar-refractivity contribution is 6.39. The van der Waals surface area contributed by atoms with Gasteiger partial charge in [-0.3, -0.25) is 4.79 Å². The first-order chi connectivity index (χ1) is 7.72. The molecule has 0 aromatic heterocycles. The van der Waals surface area contributed by atoms with E-state index in [0.717, 1.165) is 17.4 Å². The van der Waals surface area contributed by atoms with Crippen LogP contribution in [0.5, 0.6) is 0 Å². The van der Waals surface area contributed by atoms with Crippen molar-refractivity contribution in [1.29, 1.82) is 0 Å². The number of hydrogen-bond acceptors (Lipinski definition) is 1. The van der Waals surface area contributed by atoms with Gasteiger partial charge in [0, 0.05) is 11.1 Å². The maximum atomic E-state index is 10.6. The molecule has 2 rings (SSSR count). The van der Waals surface area contributed by atoms with Crippen LogP contribution >= 0.6 is 23.2 Å². The van der Waals surface area contributed by atoms with Crippen LogP contribution in [0.25, 0.3) is 11.1 Å². The summed E-state index contributed by atoms with van der Waals surface area (Å²) in [5.41, 5.74) is 2.18. The second-order valence-corrected chi connectivity index (χ2v) is 4.16. The van der Waals surface area contributed by atoms with E-state index in [9.17, 15) is 4.79 Å². The molecular weight excluding hydrogens is 243 g/mol. The summed E-state index contributed by atoms with van der Waals surface area (Å²) in [5, 5.41) is 0.974. The van der Waals surface area contributed by atoms with Crippen LogP contribution in [-0.2, 0) is 0 Å². The molecule has 0 radical (unpaired) electrons. The van der Waals surface area contributed by atoms with Crippen LogP contribution < -0.4 is 0 Å². The minimum atomic E-state index is 0.481. The van der Waals surface area contributed by atoms with Gasteiger partial charge in [-0.25, -0.2) is 0 Å². The first-order valence-corrected chi connectivity index (χ1v) is 5.47. The molecule has 0 atom stereocenters. The van der Waals surface area contributed by atoms with Crippen molar-refractivity contribution in [3.05, 3.63) is 58.1 Å². The minimum Gasteiger partial charge on any atom is -0.298 e. The monoisotopic (exact) mass is 250 g/mol. The Hall–Kier alpha value is -1.31. The minimum absolute atomic E-state index is 0.481. The Labute approximate surface area is 104 Å². The lowest BCUT2D eigenvalue weighted by Crippen LogP contribution is -1.86. The zero-order valence-electron chi connectivity index (χ0n) is 8.28. The van der Waals surface area contributed by atoms with Gasteiger partial charge in [-0.15, -0.1) is 0 Å². The van der Waals surface area contributed by atoms with E-state index < -0.39 is 0 Å². The number of benzene rings is 2. The Balaban J connectivity index is 2.62. The molecule has 80 valence electrons. The Morgan fingerprint density at radius 1 is 0.938 bits per heavy atom. The SMILES string of the molecule is O=Cc1cc(Cl)c(-c2ccccc2)c(Cl)c1. The molecule has 2 aromatic rings. The molecule has 0 unspecified atom stereocenters. The number of aldehydes is 1. The average Bonchev–Trinajstić information content (AvgIpc) is 2.29. The van der Waals surface area contributed by atoms with Crippen LogP contribution in [0.4, 0.5) is 0 Å². The van der Waals surface area contributed by atoms with Gasteiger partial charge in [-0.2, -0.15) is 0 Å².